The Morgan fingerprint density at radius 1 is 1.00 bits per heavy atom. The van der Waals surface area contributed by atoms with Crippen LogP contribution in [-0.2, 0) is 22.7 Å². The Labute approximate surface area is 183 Å². The van der Waals surface area contributed by atoms with Crippen LogP contribution in [0.2, 0.25) is 0 Å². The number of hydrogen-bond donors (Lipinski definition) is 2. The molecule has 0 saturated carbocycles. The van der Waals surface area contributed by atoms with Gasteiger partial charge in [-0.1, -0.05) is 18.2 Å². The zero-order chi connectivity index (χ0) is 21.4. The zero-order valence-electron chi connectivity index (χ0n) is 18.1. The largest absolute Gasteiger partial charge is 0.322 e. The number of nitrogens with one attached hydrogen (secondary N) is 2. The highest BCUT2D eigenvalue weighted by molar-refractivity contribution is 6.05. The summed E-state index contributed by atoms with van der Waals surface area (Å²) >= 11 is 0. The Bertz CT molecular complexity index is 872. The molecule has 5 rings (SSSR count). The van der Waals surface area contributed by atoms with Crippen LogP contribution in [0.15, 0.2) is 18.2 Å². The predicted octanol–water partition coefficient (Wildman–Crippen LogP) is 1.66. The van der Waals surface area contributed by atoms with E-state index in [-0.39, 0.29) is 24.1 Å². The summed E-state index contributed by atoms with van der Waals surface area (Å²) in [6.07, 6.45) is 5.81. The van der Waals surface area contributed by atoms with Gasteiger partial charge >= 0.3 is 0 Å². The first-order valence-electron chi connectivity index (χ1n) is 11.8. The fraction of sp³-hybridized carbons (Fsp3) is 0.625. The second-order valence-electron chi connectivity index (χ2n) is 9.57. The molecule has 0 bridgehead atoms. The van der Waals surface area contributed by atoms with Crippen molar-refractivity contribution in [3.8, 4) is 0 Å². The van der Waals surface area contributed by atoms with Crippen molar-refractivity contribution >= 4 is 17.7 Å². The molecule has 4 aliphatic heterocycles. The van der Waals surface area contributed by atoms with Gasteiger partial charge in [0.2, 0.25) is 11.8 Å². The molecule has 1 aromatic carbocycles. The van der Waals surface area contributed by atoms with Crippen molar-refractivity contribution < 1.29 is 14.4 Å². The van der Waals surface area contributed by atoms with Crippen LogP contribution in [0.5, 0.6) is 0 Å². The van der Waals surface area contributed by atoms with Gasteiger partial charge in [0, 0.05) is 25.1 Å². The lowest BCUT2D eigenvalue weighted by molar-refractivity contribution is -0.136. The molecule has 3 amide bonds. The van der Waals surface area contributed by atoms with E-state index in [4.69, 9.17) is 0 Å². The Kier molecular flexibility index (Phi) is 5.80. The Balaban J connectivity index is 1.24. The molecule has 4 aliphatic rings. The van der Waals surface area contributed by atoms with E-state index in [9.17, 15) is 14.4 Å². The fourth-order valence-electron chi connectivity index (χ4n) is 5.93. The van der Waals surface area contributed by atoms with Gasteiger partial charge in [-0.2, -0.15) is 0 Å². The van der Waals surface area contributed by atoms with Gasteiger partial charge in [0.1, 0.15) is 6.04 Å². The van der Waals surface area contributed by atoms with Crippen LogP contribution in [0.4, 0.5) is 0 Å². The van der Waals surface area contributed by atoms with Crippen molar-refractivity contribution in [1.29, 1.82) is 0 Å². The molecule has 0 radical (unpaired) electrons. The average Bonchev–Trinajstić information content (AvgIpc) is 3.12. The minimum atomic E-state index is -0.551. The summed E-state index contributed by atoms with van der Waals surface area (Å²) in [5, 5.41) is 5.93. The third-order valence-corrected chi connectivity index (χ3v) is 7.67. The third kappa shape index (κ3) is 4.13. The summed E-state index contributed by atoms with van der Waals surface area (Å²) in [4.78, 5) is 41.2. The standard InChI is InChI=1S/C24H32N4O3/c29-21-7-6-20(23(30)26-21)28-15-19-4-1-3-18(22(19)24(28)31)14-27-11-8-16(9-12-27)17-5-2-10-25-13-17/h1,3-4,16-17,20,25H,2,5-15H2,(H,26,29,30). The first-order chi connectivity index (χ1) is 15.1. The molecule has 0 aliphatic carbocycles. The fourth-order valence-corrected chi connectivity index (χ4v) is 5.93. The number of nitrogens with zero attached hydrogens (tertiary/aromatic N) is 2. The van der Waals surface area contributed by atoms with Crippen LogP contribution in [0.25, 0.3) is 0 Å². The van der Waals surface area contributed by atoms with Crippen molar-refractivity contribution in [1.82, 2.24) is 20.4 Å². The SMILES string of the molecule is O=C1CCC(N2Cc3cccc(CN4CCC(C5CCCNC5)CC4)c3C2=O)C(=O)N1. The molecule has 2 unspecified atom stereocenters. The Hall–Kier alpha value is -2.25. The molecular formula is C24H32N4O3. The molecule has 3 saturated heterocycles. The number of likely N-dealkylation sites (tertiary alicyclic amines) is 1. The molecule has 2 N–H and O–H groups in total. The lowest BCUT2D eigenvalue weighted by atomic mass is 9.80. The summed E-state index contributed by atoms with van der Waals surface area (Å²) in [5.74, 6) is 0.968. The topological polar surface area (TPSA) is 81.8 Å². The molecule has 0 aromatic heterocycles. The molecule has 4 heterocycles. The summed E-state index contributed by atoms with van der Waals surface area (Å²) < 4.78 is 0. The van der Waals surface area contributed by atoms with E-state index in [1.807, 2.05) is 12.1 Å². The van der Waals surface area contributed by atoms with Gasteiger partial charge in [-0.05, 0) is 81.2 Å². The van der Waals surface area contributed by atoms with E-state index in [1.54, 1.807) is 4.90 Å². The van der Waals surface area contributed by atoms with Gasteiger partial charge in [0.25, 0.3) is 5.91 Å². The lowest BCUT2D eigenvalue weighted by Crippen LogP contribution is -2.52. The summed E-state index contributed by atoms with van der Waals surface area (Å²) in [6, 6.07) is 5.52. The van der Waals surface area contributed by atoms with Crippen molar-refractivity contribution in [2.75, 3.05) is 26.2 Å². The number of carbonyl (C=O) groups excluding carboxylic acids is 3. The first-order valence-corrected chi connectivity index (χ1v) is 11.8. The highest BCUT2D eigenvalue weighted by Gasteiger charge is 2.40. The van der Waals surface area contributed by atoms with Crippen molar-refractivity contribution in [2.24, 2.45) is 11.8 Å². The number of fused-ring (bicyclic) bond motifs is 1. The maximum absolute atomic E-state index is 13.3. The number of rotatable bonds is 4. The van der Waals surface area contributed by atoms with Crippen LogP contribution in [0.1, 0.15) is 60.0 Å². The maximum atomic E-state index is 13.3. The Morgan fingerprint density at radius 2 is 1.84 bits per heavy atom. The molecule has 0 spiro atoms. The molecule has 2 atom stereocenters. The number of hydrogen-bond acceptors (Lipinski definition) is 5. The van der Waals surface area contributed by atoms with Crippen LogP contribution in [0, 0.1) is 11.8 Å². The minimum Gasteiger partial charge on any atom is -0.322 e. The first kappa shape index (κ1) is 20.6. The van der Waals surface area contributed by atoms with Crippen LogP contribution >= 0.6 is 0 Å². The van der Waals surface area contributed by atoms with E-state index in [0.717, 1.165) is 48.2 Å². The third-order valence-electron chi connectivity index (χ3n) is 7.67. The highest BCUT2D eigenvalue weighted by Crippen LogP contribution is 2.33. The lowest BCUT2D eigenvalue weighted by Gasteiger charge is -2.38. The molecule has 166 valence electrons. The van der Waals surface area contributed by atoms with Gasteiger partial charge in [-0.3, -0.25) is 24.6 Å². The van der Waals surface area contributed by atoms with E-state index >= 15 is 0 Å². The number of benzene rings is 1. The highest BCUT2D eigenvalue weighted by atomic mass is 16.2. The number of amides is 3. The van der Waals surface area contributed by atoms with Crippen LogP contribution in [0.3, 0.4) is 0 Å². The molecule has 7 nitrogen and oxygen atoms in total. The minimum absolute atomic E-state index is 0.0664. The number of imide groups is 1. The van der Waals surface area contributed by atoms with Gasteiger partial charge in [0.15, 0.2) is 0 Å². The van der Waals surface area contributed by atoms with Crippen LogP contribution in [-0.4, -0.2) is 59.7 Å². The zero-order valence-corrected chi connectivity index (χ0v) is 18.1. The van der Waals surface area contributed by atoms with Crippen molar-refractivity contribution in [3.05, 3.63) is 34.9 Å². The predicted molar refractivity (Wildman–Crippen MR) is 116 cm³/mol. The number of carbonyl (C=O) groups is 3. The molecule has 1 aromatic rings. The average molecular weight is 425 g/mol. The summed E-state index contributed by atoms with van der Waals surface area (Å²) in [7, 11) is 0. The van der Waals surface area contributed by atoms with Gasteiger partial charge in [0.05, 0.1) is 0 Å². The van der Waals surface area contributed by atoms with E-state index in [1.165, 1.54) is 38.8 Å². The van der Waals surface area contributed by atoms with E-state index < -0.39 is 6.04 Å². The quantitative estimate of drug-likeness (QED) is 0.719. The second kappa shape index (κ2) is 8.71. The second-order valence-corrected chi connectivity index (χ2v) is 9.57. The normalized spacial score (nSPS) is 28.0. The van der Waals surface area contributed by atoms with Crippen molar-refractivity contribution in [2.45, 2.75) is 57.7 Å². The van der Waals surface area contributed by atoms with E-state index in [2.05, 4.69) is 21.6 Å². The summed E-state index contributed by atoms with van der Waals surface area (Å²) in [6.45, 7) is 5.73. The van der Waals surface area contributed by atoms with Gasteiger partial charge in [-0.25, -0.2) is 0 Å². The maximum Gasteiger partial charge on any atom is 0.255 e. The number of piperidine rings is 3. The molecule has 7 heteroatoms. The molecule has 3 fully saturated rings. The Morgan fingerprint density at radius 3 is 2.58 bits per heavy atom. The monoisotopic (exact) mass is 424 g/mol. The van der Waals surface area contributed by atoms with E-state index in [0.29, 0.717) is 13.0 Å². The van der Waals surface area contributed by atoms with Crippen LogP contribution < -0.4 is 10.6 Å². The summed E-state index contributed by atoms with van der Waals surface area (Å²) in [5.41, 5.74) is 2.83. The molecule has 31 heavy (non-hydrogen) atoms. The van der Waals surface area contributed by atoms with Gasteiger partial charge in [-0.15, -0.1) is 0 Å². The van der Waals surface area contributed by atoms with Crippen molar-refractivity contribution in [3.63, 3.8) is 0 Å². The van der Waals surface area contributed by atoms with Gasteiger partial charge < -0.3 is 10.2 Å². The molecular weight excluding hydrogens is 392 g/mol. The smallest absolute Gasteiger partial charge is 0.255 e.